The molecule has 21 heavy (non-hydrogen) atoms. The Bertz CT molecular complexity index is 434. The highest BCUT2D eigenvalue weighted by Crippen LogP contribution is 2.33. The number of rotatable bonds is 10. The quantitative estimate of drug-likeness (QED) is 0.646. The zero-order valence-corrected chi connectivity index (χ0v) is 13.4. The second-order valence-electron chi connectivity index (χ2n) is 5.87. The van der Waals surface area contributed by atoms with Gasteiger partial charge in [-0.1, -0.05) is 19.8 Å². The van der Waals surface area contributed by atoms with Gasteiger partial charge in [0.2, 0.25) is 11.9 Å². The molecular formula is C15H27N5O. The van der Waals surface area contributed by atoms with Crippen LogP contribution in [0.1, 0.15) is 52.9 Å². The summed E-state index contributed by atoms with van der Waals surface area (Å²) in [7, 11) is 0. The summed E-state index contributed by atoms with van der Waals surface area (Å²) in [4.78, 5) is 13.0. The van der Waals surface area contributed by atoms with Crippen LogP contribution >= 0.6 is 0 Å². The van der Waals surface area contributed by atoms with E-state index < -0.39 is 0 Å². The fraction of sp³-hybridized carbons (Fsp3) is 0.800. The van der Waals surface area contributed by atoms with E-state index in [-0.39, 0.29) is 6.10 Å². The average molecular weight is 293 g/mol. The molecule has 2 N–H and O–H groups in total. The molecule has 1 saturated carbocycles. The Morgan fingerprint density at radius 3 is 2.33 bits per heavy atom. The van der Waals surface area contributed by atoms with Gasteiger partial charge in [-0.25, -0.2) is 0 Å². The van der Waals surface area contributed by atoms with Crippen LogP contribution < -0.4 is 15.4 Å². The lowest BCUT2D eigenvalue weighted by molar-refractivity contribution is 0.222. The Morgan fingerprint density at radius 1 is 1.10 bits per heavy atom. The number of nitrogens with one attached hydrogen (secondary N) is 2. The maximum absolute atomic E-state index is 5.59. The second-order valence-corrected chi connectivity index (χ2v) is 5.87. The molecule has 1 aromatic heterocycles. The Morgan fingerprint density at radius 2 is 1.76 bits per heavy atom. The van der Waals surface area contributed by atoms with Gasteiger partial charge in [0.15, 0.2) is 0 Å². The molecule has 0 aromatic carbocycles. The fourth-order valence-electron chi connectivity index (χ4n) is 2.01. The second kappa shape index (κ2) is 8.00. The van der Waals surface area contributed by atoms with Crippen molar-refractivity contribution >= 4 is 11.9 Å². The van der Waals surface area contributed by atoms with Gasteiger partial charge in [0, 0.05) is 13.1 Å². The number of nitrogens with zero attached hydrogens (tertiary/aromatic N) is 3. The molecule has 1 aliphatic carbocycles. The van der Waals surface area contributed by atoms with Crippen LogP contribution in [0.4, 0.5) is 11.9 Å². The molecule has 1 fully saturated rings. The van der Waals surface area contributed by atoms with E-state index in [0.29, 0.717) is 17.9 Å². The van der Waals surface area contributed by atoms with E-state index in [1.807, 2.05) is 13.8 Å². The third kappa shape index (κ3) is 6.14. The van der Waals surface area contributed by atoms with E-state index in [9.17, 15) is 0 Å². The monoisotopic (exact) mass is 293 g/mol. The average Bonchev–Trinajstić information content (AvgIpc) is 3.24. The van der Waals surface area contributed by atoms with Crippen LogP contribution in [-0.2, 0) is 0 Å². The van der Waals surface area contributed by atoms with Crippen LogP contribution in [0.3, 0.4) is 0 Å². The molecular weight excluding hydrogens is 266 g/mol. The number of hydrogen-bond donors (Lipinski definition) is 2. The maximum Gasteiger partial charge on any atom is 0.323 e. The lowest BCUT2D eigenvalue weighted by atomic mass is 10.2. The predicted octanol–water partition coefficient (Wildman–Crippen LogP) is 3.08. The summed E-state index contributed by atoms with van der Waals surface area (Å²) in [6, 6.07) is 0.378. The molecule has 0 spiro atoms. The van der Waals surface area contributed by atoms with Crippen molar-refractivity contribution in [2.45, 2.75) is 59.0 Å². The highest BCUT2D eigenvalue weighted by Gasteiger charge is 2.20. The molecule has 0 saturated heterocycles. The van der Waals surface area contributed by atoms with Crippen molar-refractivity contribution in [2.75, 3.05) is 23.7 Å². The molecule has 0 amide bonds. The van der Waals surface area contributed by atoms with Crippen molar-refractivity contribution < 1.29 is 4.74 Å². The largest absolute Gasteiger partial charge is 0.461 e. The minimum atomic E-state index is 0.0501. The molecule has 118 valence electrons. The van der Waals surface area contributed by atoms with Crippen LogP contribution in [0.2, 0.25) is 0 Å². The van der Waals surface area contributed by atoms with E-state index in [4.69, 9.17) is 4.74 Å². The molecule has 0 unspecified atom stereocenters. The minimum absolute atomic E-state index is 0.0501. The van der Waals surface area contributed by atoms with Crippen molar-refractivity contribution in [3.63, 3.8) is 0 Å². The van der Waals surface area contributed by atoms with Gasteiger partial charge in [-0.2, -0.15) is 15.0 Å². The summed E-state index contributed by atoms with van der Waals surface area (Å²) in [5.74, 6) is 2.13. The van der Waals surface area contributed by atoms with Gasteiger partial charge in [0.05, 0.1) is 6.10 Å². The molecule has 6 nitrogen and oxygen atoms in total. The third-order valence-corrected chi connectivity index (χ3v) is 3.26. The number of anilines is 2. The molecule has 2 rings (SSSR count). The molecule has 6 heteroatoms. The Labute approximate surface area is 127 Å². The first-order valence-corrected chi connectivity index (χ1v) is 8.08. The van der Waals surface area contributed by atoms with E-state index >= 15 is 0 Å². The standard InChI is InChI=1S/C15H27N5O/c1-4-9-16-13-18-14(17-10-5-6-12-7-8-12)20-15(19-13)21-11(2)3/h11-12H,4-10H2,1-3H3,(H2,16,17,18,19,20). The van der Waals surface area contributed by atoms with Gasteiger partial charge in [0.25, 0.3) is 0 Å². The molecule has 0 atom stereocenters. The first-order valence-electron chi connectivity index (χ1n) is 8.08. The Kier molecular flexibility index (Phi) is 6.02. The lowest BCUT2D eigenvalue weighted by Crippen LogP contribution is -2.14. The summed E-state index contributed by atoms with van der Waals surface area (Å²) in [6.07, 6.45) is 6.35. The van der Waals surface area contributed by atoms with E-state index in [0.717, 1.165) is 31.8 Å². The van der Waals surface area contributed by atoms with E-state index in [2.05, 4.69) is 32.5 Å². The topological polar surface area (TPSA) is 72.0 Å². The lowest BCUT2D eigenvalue weighted by Gasteiger charge is -2.12. The van der Waals surface area contributed by atoms with Crippen LogP contribution in [-0.4, -0.2) is 34.1 Å². The van der Waals surface area contributed by atoms with Gasteiger partial charge in [-0.05, 0) is 39.0 Å². The highest BCUT2D eigenvalue weighted by atomic mass is 16.5. The van der Waals surface area contributed by atoms with Crippen molar-refractivity contribution in [3.8, 4) is 6.01 Å². The van der Waals surface area contributed by atoms with Crippen molar-refractivity contribution in [3.05, 3.63) is 0 Å². The summed E-state index contributed by atoms with van der Waals surface area (Å²) in [5, 5.41) is 6.46. The summed E-state index contributed by atoms with van der Waals surface area (Å²) in [6.45, 7) is 7.77. The number of aromatic nitrogens is 3. The Balaban J connectivity index is 1.91. The zero-order valence-electron chi connectivity index (χ0n) is 13.4. The first kappa shape index (κ1) is 15.8. The van der Waals surface area contributed by atoms with Gasteiger partial charge in [-0.3, -0.25) is 0 Å². The SMILES string of the molecule is CCCNc1nc(NCCCC2CC2)nc(OC(C)C)n1. The van der Waals surface area contributed by atoms with Crippen LogP contribution in [0.15, 0.2) is 0 Å². The fourth-order valence-corrected chi connectivity index (χ4v) is 2.01. The van der Waals surface area contributed by atoms with E-state index in [1.165, 1.54) is 19.3 Å². The summed E-state index contributed by atoms with van der Waals surface area (Å²) < 4.78 is 5.59. The minimum Gasteiger partial charge on any atom is -0.461 e. The number of hydrogen-bond acceptors (Lipinski definition) is 6. The third-order valence-electron chi connectivity index (χ3n) is 3.26. The van der Waals surface area contributed by atoms with Crippen molar-refractivity contribution in [1.29, 1.82) is 0 Å². The maximum atomic E-state index is 5.59. The summed E-state index contributed by atoms with van der Waals surface area (Å²) in [5.41, 5.74) is 0. The van der Waals surface area contributed by atoms with Crippen molar-refractivity contribution in [2.24, 2.45) is 5.92 Å². The van der Waals surface area contributed by atoms with Crippen LogP contribution in [0, 0.1) is 5.92 Å². The summed E-state index contributed by atoms with van der Waals surface area (Å²) >= 11 is 0. The molecule has 1 aromatic rings. The van der Waals surface area contributed by atoms with Crippen LogP contribution in [0.5, 0.6) is 6.01 Å². The van der Waals surface area contributed by atoms with Crippen LogP contribution in [0.25, 0.3) is 0 Å². The Hall–Kier alpha value is -1.59. The van der Waals surface area contributed by atoms with Gasteiger partial charge < -0.3 is 15.4 Å². The molecule has 1 aliphatic rings. The smallest absolute Gasteiger partial charge is 0.323 e. The first-order chi connectivity index (χ1) is 10.2. The van der Waals surface area contributed by atoms with Gasteiger partial charge >= 0.3 is 6.01 Å². The zero-order chi connectivity index (χ0) is 15.1. The molecule has 1 heterocycles. The van der Waals surface area contributed by atoms with Gasteiger partial charge in [0.1, 0.15) is 0 Å². The predicted molar refractivity (Wildman–Crippen MR) is 84.8 cm³/mol. The molecule has 0 radical (unpaired) electrons. The number of ether oxygens (including phenoxy) is 1. The normalized spacial score (nSPS) is 14.3. The highest BCUT2D eigenvalue weighted by molar-refractivity contribution is 5.35. The van der Waals surface area contributed by atoms with Crippen molar-refractivity contribution in [1.82, 2.24) is 15.0 Å². The van der Waals surface area contributed by atoms with E-state index in [1.54, 1.807) is 0 Å². The van der Waals surface area contributed by atoms with Gasteiger partial charge in [-0.15, -0.1) is 0 Å². The molecule has 0 bridgehead atoms. The molecule has 0 aliphatic heterocycles.